The third-order valence-corrected chi connectivity index (χ3v) is 13.7. The Morgan fingerprint density at radius 1 is 0.290 bits per heavy atom. The maximum Gasteiger partial charge on any atom is 0.167 e. The molecule has 14 rings (SSSR count). The molecule has 0 aliphatic carbocycles. The van der Waals surface area contributed by atoms with Gasteiger partial charge in [-0.2, -0.15) is 0 Å². The van der Waals surface area contributed by atoms with Gasteiger partial charge in [0.1, 0.15) is 11.2 Å². The fourth-order valence-corrected chi connectivity index (χ4v) is 10.3. The molecule has 0 N–H and O–H groups in total. The third-order valence-electron chi connectivity index (χ3n) is 13.7. The van der Waals surface area contributed by atoms with Gasteiger partial charge in [0.25, 0.3) is 0 Å². The molecule has 0 amide bonds. The summed E-state index contributed by atoms with van der Waals surface area (Å²) in [6, 6.07) is 77.7. The minimum Gasteiger partial charge on any atom is -0.455 e. The van der Waals surface area contributed by atoms with Crippen molar-refractivity contribution in [1.82, 2.24) is 19.9 Å². The standard InChI is InChI=1S/C64H38N4O/c1-3-14-44-36-57-46(31-42(44)12-1)16-7-20-52(57)49-33-50(53-21-8-17-47-32-43-13-2-4-15-45(43)37-58(47)53)35-51(34-49)63-66-62(41-26-24-39(25-27-41)48-18-10-30-65-38-48)67-64(68-63)56-23-9-22-55-60-54-19-6-5-11-40(54)28-29-59(60)69-61(55)56/h1-38H. The van der Waals surface area contributed by atoms with Crippen molar-refractivity contribution < 1.29 is 4.42 Å². The molecule has 5 heteroatoms. The summed E-state index contributed by atoms with van der Waals surface area (Å²) in [6.07, 6.45) is 3.68. The van der Waals surface area contributed by atoms with Crippen LogP contribution in [0.25, 0.3) is 143 Å². The molecule has 0 fully saturated rings. The molecule has 14 aromatic rings. The second-order valence-electron chi connectivity index (χ2n) is 17.8. The number of para-hydroxylation sites is 1. The summed E-state index contributed by atoms with van der Waals surface area (Å²) < 4.78 is 6.79. The topological polar surface area (TPSA) is 64.7 Å². The number of nitrogens with zero attached hydrogens (tertiary/aromatic N) is 4. The van der Waals surface area contributed by atoms with Crippen molar-refractivity contribution in [2.24, 2.45) is 0 Å². The molecule has 3 aromatic heterocycles. The van der Waals surface area contributed by atoms with Crippen LogP contribution in [0.5, 0.6) is 0 Å². The Morgan fingerprint density at radius 3 is 1.46 bits per heavy atom. The smallest absolute Gasteiger partial charge is 0.167 e. The van der Waals surface area contributed by atoms with E-state index in [4.69, 9.17) is 19.4 Å². The summed E-state index contributed by atoms with van der Waals surface area (Å²) in [5, 5.41) is 13.9. The van der Waals surface area contributed by atoms with E-state index in [1.807, 2.05) is 12.3 Å². The van der Waals surface area contributed by atoms with Gasteiger partial charge < -0.3 is 4.42 Å². The van der Waals surface area contributed by atoms with Gasteiger partial charge in [0.15, 0.2) is 17.5 Å². The number of pyridine rings is 1. The summed E-state index contributed by atoms with van der Waals surface area (Å²) in [6.45, 7) is 0. The molecule has 0 radical (unpaired) electrons. The molecule has 69 heavy (non-hydrogen) atoms. The predicted octanol–water partition coefficient (Wildman–Crippen LogP) is 16.9. The Morgan fingerprint density at radius 2 is 0.812 bits per heavy atom. The molecule has 320 valence electrons. The molecule has 0 unspecified atom stereocenters. The van der Waals surface area contributed by atoms with Crippen molar-refractivity contribution in [1.29, 1.82) is 0 Å². The van der Waals surface area contributed by atoms with Crippen LogP contribution in [0.15, 0.2) is 235 Å². The Labute approximate surface area is 396 Å². The van der Waals surface area contributed by atoms with E-state index in [9.17, 15) is 0 Å². The van der Waals surface area contributed by atoms with E-state index in [1.54, 1.807) is 6.20 Å². The first kappa shape index (κ1) is 38.9. The quantitative estimate of drug-likeness (QED) is 0.156. The summed E-state index contributed by atoms with van der Waals surface area (Å²) in [4.78, 5) is 20.5. The molecule has 0 aliphatic rings. The molecular weight excluding hydrogens is 841 g/mol. The average Bonchev–Trinajstić information content (AvgIpc) is 3.81. The lowest BCUT2D eigenvalue weighted by molar-refractivity contribution is 0.670. The zero-order chi connectivity index (χ0) is 45.4. The highest BCUT2D eigenvalue weighted by molar-refractivity contribution is 6.20. The maximum absolute atomic E-state index is 6.79. The molecule has 3 heterocycles. The largest absolute Gasteiger partial charge is 0.455 e. The first-order valence-corrected chi connectivity index (χ1v) is 23.2. The van der Waals surface area contributed by atoms with Gasteiger partial charge in [-0.15, -0.1) is 0 Å². The fourth-order valence-electron chi connectivity index (χ4n) is 10.3. The van der Waals surface area contributed by atoms with Crippen LogP contribution in [-0.4, -0.2) is 19.9 Å². The molecular formula is C64H38N4O. The molecule has 0 spiro atoms. The molecule has 0 atom stereocenters. The number of fused-ring (bicyclic) bond motifs is 9. The second kappa shape index (κ2) is 15.7. The van der Waals surface area contributed by atoms with Crippen LogP contribution in [0, 0.1) is 0 Å². The molecule has 11 aromatic carbocycles. The van der Waals surface area contributed by atoms with Gasteiger partial charge >= 0.3 is 0 Å². The van der Waals surface area contributed by atoms with Crippen molar-refractivity contribution in [3.63, 3.8) is 0 Å². The summed E-state index contributed by atoms with van der Waals surface area (Å²) in [5.74, 6) is 1.65. The molecule has 0 saturated heterocycles. The summed E-state index contributed by atoms with van der Waals surface area (Å²) >= 11 is 0. The molecule has 0 aliphatic heterocycles. The predicted molar refractivity (Wildman–Crippen MR) is 285 cm³/mol. The van der Waals surface area contributed by atoms with Crippen molar-refractivity contribution in [2.75, 3.05) is 0 Å². The van der Waals surface area contributed by atoms with E-state index in [2.05, 4.69) is 217 Å². The SMILES string of the molecule is c1cncc(-c2ccc(-c3nc(-c4cc(-c5cccc6cc7ccccc7cc56)cc(-c5cccc6cc7ccccc7cc56)c4)nc(-c4cccc5c4oc4ccc6ccccc6c45)n3)cc2)c1. The van der Waals surface area contributed by atoms with Crippen LogP contribution in [0.3, 0.4) is 0 Å². The van der Waals surface area contributed by atoms with Crippen LogP contribution in [-0.2, 0) is 0 Å². The highest BCUT2D eigenvalue weighted by atomic mass is 16.3. The first-order valence-electron chi connectivity index (χ1n) is 23.2. The monoisotopic (exact) mass is 878 g/mol. The van der Waals surface area contributed by atoms with E-state index in [1.165, 1.54) is 43.1 Å². The Bertz CT molecular complexity index is 4230. The van der Waals surface area contributed by atoms with E-state index < -0.39 is 0 Å². The van der Waals surface area contributed by atoms with Gasteiger partial charge in [-0.1, -0.05) is 158 Å². The van der Waals surface area contributed by atoms with Crippen LogP contribution in [0.1, 0.15) is 0 Å². The highest BCUT2D eigenvalue weighted by Gasteiger charge is 2.21. The highest BCUT2D eigenvalue weighted by Crippen LogP contribution is 2.42. The number of rotatable bonds is 6. The van der Waals surface area contributed by atoms with Crippen LogP contribution >= 0.6 is 0 Å². The van der Waals surface area contributed by atoms with E-state index in [0.717, 1.165) is 82.8 Å². The normalized spacial score (nSPS) is 11.8. The zero-order valence-electron chi connectivity index (χ0n) is 37.1. The second-order valence-corrected chi connectivity index (χ2v) is 17.8. The van der Waals surface area contributed by atoms with E-state index in [-0.39, 0.29) is 0 Å². The lowest BCUT2D eigenvalue weighted by atomic mass is 9.90. The zero-order valence-corrected chi connectivity index (χ0v) is 37.1. The van der Waals surface area contributed by atoms with E-state index >= 15 is 0 Å². The average molecular weight is 879 g/mol. The van der Waals surface area contributed by atoms with Crippen molar-refractivity contribution in [2.45, 2.75) is 0 Å². The van der Waals surface area contributed by atoms with Gasteiger partial charge in [0.2, 0.25) is 0 Å². The lowest BCUT2D eigenvalue weighted by Gasteiger charge is -2.15. The third kappa shape index (κ3) is 6.63. The van der Waals surface area contributed by atoms with Crippen LogP contribution in [0.2, 0.25) is 0 Å². The minimum absolute atomic E-state index is 0.528. The first-order chi connectivity index (χ1) is 34.1. The Hall–Kier alpha value is -9.32. The van der Waals surface area contributed by atoms with E-state index in [0.29, 0.717) is 17.5 Å². The van der Waals surface area contributed by atoms with Gasteiger partial charge in [-0.3, -0.25) is 4.98 Å². The van der Waals surface area contributed by atoms with Crippen LogP contribution < -0.4 is 0 Å². The number of hydrogen-bond donors (Lipinski definition) is 0. The van der Waals surface area contributed by atoms with Gasteiger partial charge in [0.05, 0.1) is 5.56 Å². The lowest BCUT2D eigenvalue weighted by Crippen LogP contribution is -2.01. The Kier molecular flexibility index (Phi) is 8.83. The molecule has 5 nitrogen and oxygen atoms in total. The van der Waals surface area contributed by atoms with Gasteiger partial charge in [-0.05, 0) is 148 Å². The Balaban J connectivity index is 1.03. The summed E-state index contributed by atoms with van der Waals surface area (Å²) in [7, 11) is 0. The number of furan rings is 1. The number of aromatic nitrogens is 4. The van der Waals surface area contributed by atoms with Gasteiger partial charge in [-0.25, -0.2) is 15.0 Å². The fraction of sp³-hybridized carbons (Fsp3) is 0. The number of benzene rings is 11. The maximum atomic E-state index is 6.79. The molecule has 0 saturated carbocycles. The van der Waals surface area contributed by atoms with Crippen molar-refractivity contribution in [3.8, 4) is 67.5 Å². The molecule has 0 bridgehead atoms. The van der Waals surface area contributed by atoms with Crippen molar-refractivity contribution in [3.05, 3.63) is 231 Å². The van der Waals surface area contributed by atoms with Crippen LogP contribution in [0.4, 0.5) is 0 Å². The number of hydrogen-bond acceptors (Lipinski definition) is 5. The summed E-state index contributed by atoms with van der Waals surface area (Å²) in [5.41, 5.74) is 10.6. The minimum atomic E-state index is 0.528. The van der Waals surface area contributed by atoms with Crippen molar-refractivity contribution >= 4 is 75.8 Å². The van der Waals surface area contributed by atoms with Gasteiger partial charge in [0, 0.05) is 34.3 Å².